The van der Waals surface area contributed by atoms with Crippen molar-refractivity contribution >= 4 is 40.1 Å². The van der Waals surface area contributed by atoms with E-state index in [4.69, 9.17) is 4.74 Å². The molecule has 0 saturated carbocycles. The average molecular weight is 413 g/mol. The molecule has 144 valence electrons. The second kappa shape index (κ2) is 7.93. The van der Waals surface area contributed by atoms with Gasteiger partial charge in [-0.2, -0.15) is 0 Å². The third-order valence-corrected chi connectivity index (χ3v) is 7.01. The molecule has 0 bridgehead atoms. The van der Waals surface area contributed by atoms with Crippen LogP contribution in [-0.4, -0.2) is 27.2 Å². The number of esters is 1. The molecule has 28 heavy (non-hydrogen) atoms. The van der Waals surface area contributed by atoms with E-state index in [2.05, 4.69) is 4.99 Å². The zero-order valence-electron chi connectivity index (χ0n) is 15.6. The van der Waals surface area contributed by atoms with E-state index in [0.29, 0.717) is 16.4 Å². The van der Waals surface area contributed by atoms with Crippen LogP contribution in [-0.2, 0) is 20.9 Å². The molecule has 5 nitrogen and oxygen atoms in total. The number of rotatable bonds is 5. The van der Waals surface area contributed by atoms with Gasteiger partial charge in [-0.25, -0.2) is 9.79 Å². The summed E-state index contributed by atoms with van der Waals surface area (Å²) in [6.07, 6.45) is 0.725. The van der Waals surface area contributed by atoms with E-state index in [9.17, 15) is 9.59 Å². The van der Waals surface area contributed by atoms with Gasteiger partial charge in [-0.1, -0.05) is 55.1 Å². The van der Waals surface area contributed by atoms with Gasteiger partial charge in [0.05, 0.1) is 16.5 Å². The Bertz CT molecular complexity index is 951. The van der Waals surface area contributed by atoms with Gasteiger partial charge in [0.1, 0.15) is 12.6 Å². The summed E-state index contributed by atoms with van der Waals surface area (Å²) in [6.45, 7) is 3.99. The van der Waals surface area contributed by atoms with Crippen LogP contribution >= 0.6 is 23.1 Å². The summed E-state index contributed by atoms with van der Waals surface area (Å²) in [4.78, 5) is 33.2. The van der Waals surface area contributed by atoms with Crippen molar-refractivity contribution in [3.05, 3.63) is 69.6 Å². The molecule has 1 aromatic carbocycles. The molecule has 1 fully saturated rings. The maximum atomic E-state index is 13.0. The van der Waals surface area contributed by atoms with E-state index < -0.39 is 12.0 Å². The third kappa shape index (κ3) is 3.40. The second-order valence-electron chi connectivity index (χ2n) is 6.60. The molecule has 2 aliphatic heterocycles. The van der Waals surface area contributed by atoms with Crippen LogP contribution < -0.4 is 0 Å². The van der Waals surface area contributed by atoms with Gasteiger partial charge in [0.15, 0.2) is 5.17 Å². The van der Waals surface area contributed by atoms with Crippen LogP contribution in [0.4, 0.5) is 0 Å². The number of aliphatic imine (C=N–C) groups is 1. The number of amides is 1. The zero-order chi connectivity index (χ0) is 19.7. The van der Waals surface area contributed by atoms with Crippen molar-refractivity contribution in [1.82, 2.24) is 4.90 Å². The molecular weight excluding hydrogens is 392 g/mol. The number of nitrogens with zero attached hydrogens (tertiary/aromatic N) is 2. The molecule has 0 radical (unpaired) electrons. The summed E-state index contributed by atoms with van der Waals surface area (Å²) in [6, 6.07) is 13.0. The number of hydrogen-bond donors (Lipinski definition) is 0. The highest BCUT2D eigenvalue weighted by Crippen LogP contribution is 2.45. The number of allylic oxidation sites excluding steroid dienone is 1. The SMILES string of the molecule is CC[C@H]1SC2=NC(C)=C(C(=O)OCc3ccccc3)[C@H](c3cccs3)N2C1=O. The molecule has 2 atom stereocenters. The highest BCUT2D eigenvalue weighted by atomic mass is 32.2. The topological polar surface area (TPSA) is 59.0 Å². The molecule has 2 aliphatic rings. The fraction of sp³-hybridized carbons (Fsp3) is 0.286. The Kier molecular flexibility index (Phi) is 5.37. The Hall–Kier alpha value is -2.38. The van der Waals surface area contributed by atoms with Crippen molar-refractivity contribution < 1.29 is 14.3 Å². The van der Waals surface area contributed by atoms with Crippen molar-refractivity contribution in [2.75, 3.05) is 0 Å². The summed E-state index contributed by atoms with van der Waals surface area (Å²) >= 11 is 3.00. The number of thioether (sulfide) groups is 1. The fourth-order valence-corrected chi connectivity index (χ4v) is 5.32. The monoisotopic (exact) mass is 412 g/mol. The maximum absolute atomic E-state index is 13.0. The molecule has 1 amide bonds. The Labute approximate surface area is 172 Å². The molecule has 7 heteroatoms. The van der Waals surface area contributed by atoms with Crippen LogP contribution in [0, 0.1) is 0 Å². The van der Waals surface area contributed by atoms with E-state index in [-0.39, 0.29) is 17.8 Å². The van der Waals surface area contributed by atoms with Gasteiger partial charge in [0.2, 0.25) is 5.91 Å². The summed E-state index contributed by atoms with van der Waals surface area (Å²) in [5.74, 6) is -0.425. The minimum Gasteiger partial charge on any atom is -0.457 e. The second-order valence-corrected chi connectivity index (χ2v) is 8.75. The van der Waals surface area contributed by atoms with Crippen LogP contribution in [0.15, 0.2) is 64.1 Å². The first-order valence-electron chi connectivity index (χ1n) is 9.13. The Balaban J connectivity index is 1.67. The normalized spacial score (nSPS) is 21.6. The predicted molar refractivity (Wildman–Crippen MR) is 112 cm³/mol. The third-order valence-electron chi connectivity index (χ3n) is 4.77. The quantitative estimate of drug-likeness (QED) is 0.677. The van der Waals surface area contributed by atoms with Gasteiger partial charge in [-0.15, -0.1) is 11.3 Å². The van der Waals surface area contributed by atoms with E-state index >= 15 is 0 Å². The molecule has 0 aliphatic carbocycles. The van der Waals surface area contributed by atoms with Crippen LogP contribution in [0.3, 0.4) is 0 Å². The lowest BCUT2D eigenvalue weighted by atomic mass is 10.00. The number of amidine groups is 1. The number of fused-ring (bicyclic) bond motifs is 1. The van der Waals surface area contributed by atoms with Crippen molar-refractivity contribution in [2.24, 2.45) is 4.99 Å². The van der Waals surface area contributed by atoms with Crippen molar-refractivity contribution in [2.45, 2.75) is 38.2 Å². The lowest BCUT2D eigenvalue weighted by molar-refractivity contribution is -0.141. The van der Waals surface area contributed by atoms with Crippen molar-refractivity contribution in [3.8, 4) is 0 Å². The van der Waals surface area contributed by atoms with E-state index in [0.717, 1.165) is 16.9 Å². The highest BCUT2D eigenvalue weighted by Gasteiger charge is 2.47. The van der Waals surface area contributed by atoms with Crippen LogP contribution in [0.25, 0.3) is 0 Å². The van der Waals surface area contributed by atoms with Crippen LogP contribution in [0.1, 0.15) is 36.8 Å². The van der Waals surface area contributed by atoms with Gasteiger partial charge in [0.25, 0.3) is 0 Å². The van der Waals surface area contributed by atoms with Gasteiger partial charge < -0.3 is 4.74 Å². The Morgan fingerprint density at radius 3 is 2.68 bits per heavy atom. The lowest BCUT2D eigenvalue weighted by Crippen LogP contribution is -2.40. The number of thiophene rings is 1. The van der Waals surface area contributed by atoms with Gasteiger partial charge in [0, 0.05) is 4.88 Å². The smallest absolute Gasteiger partial charge is 0.338 e. The first-order chi connectivity index (χ1) is 13.6. The molecule has 0 N–H and O–H groups in total. The Morgan fingerprint density at radius 1 is 1.21 bits per heavy atom. The minimum atomic E-state index is -0.479. The molecule has 2 aromatic rings. The highest BCUT2D eigenvalue weighted by molar-refractivity contribution is 8.15. The molecular formula is C21H20N2O3S2. The first kappa shape index (κ1) is 19.0. The van der Waals surface area contributed by atoms with Gasteiger partial charge in [-0.05, 0) is 30.4 Å². The van der Waals surface area contributed by atoms with E-state index in [1.807, 2.05) is 61.7 Å². The first-order valence-corrected chi connectivity index (χ1v) is 10.9. The average Bonchev–Trinajstić information content (AvgIpc) is 3.34. The van der Waals surface area contributed by atoms with Crippen LogP contribution in [0.5, 0.6) is 0 Å². The van der Waals surface area contributed by atoms with Crippen molar-refractivity contribution in [3.63, 3.8) is 0 Å². The lowest BCUT2D eigenvalue weighted by Gasteiger charge is -2.32. The fourth-order valence-electron chi connectivity index (χ4n) is 3.37. The van der Waals surface area contributed by atoms with Gasteiger partial charge in [-0.3, -0.25) is 9.69 Å². The Morgan fingerprint density at radius 2 is 2.00 bits per heavy atom. The summed E-state index contributed by atoms with van der Waals surface area (Å²) in [5, 5.41) is 2.47. The van der Waals surface area contributed by atoms with Gasteiger partial charge >= 0.3 is 5.97 Å². The summed E-state index contributed by atoms with van der Waals surface area (Å²) < 4.78 is 5.60. The molecule has 0 unspecified atom stereocenters. The largest absolute Gasteiger partial charge is 0.457 e. The molecule has 1 saturated heterocycles. The maximum Gasteiger partial charge on any atom is 0.338 e. The summed E-state index contributed by atoms with van der Waals surface area (Å²) in [5.41, 5.74) is 1.97. The standard InChI is InChI=1S/C21H20N2O3S2/c1-3-15-19(24)23-18(16-10-7-11-27-16)17(13(2)22-21(23)28-15)20(25)26-12-14-8-5-4-6-9-14/h4-11,15,18H,3,12H2,1-2H3/t15-,18+/m1/s1. The molecule has 4 rings (SSSR count). The van der Waals surface area contributed by atoms with E-state index in [1.54, 1.807) is 4.90 Å². The molecule has 0 spiro atoms. The minimum absolute atomic E-state index is 0.00510. The van der Waals surface area contributed by atoms with Crippen LogP contribution in [0.2, 0.25) is 0 Å². The zero-order valence-corrected chi connectivity index (χ0v) is 17.3. The van der Waals surface area contributed by atoms with E-state index in [1.165, 1.54) is 23.1 Å². The summed E-state index contributed by atoms with van der Waals surface area (Å²) in [7, 11) is 0. The number of ether oxygens (including phenoxy) is 1. The molecule has 3 heterocycles. The predicted octanol–water partition coefficient (Wildman–Crippen LogP) is 4.53. The number of carbonyl (C=O) groups is 2. The van der Waals surface area contributed by atoms with Crippen molar-refractivity contribution in [1.29, 1.82) is 0 Å². The number of hydrogen-bond acceptors (Lipinski definition) is 6. The number of benzene rings is 1. The molecule has 1 aromatic heterocycles. The number of carbonyl (C=O) groups excluding carboxylic acids is 2.